The van der Waals surface area contributed by atoms with Crippen molar-refractivity contribution in [2.75, 3.05) is 6.54 Å². The first-order valence-electron chi connectivity index (χ1n) is 7.19. The fourth-order valence-electron chi connectivity index (χ4n) is 2.20. The molecule has 0 spiro atoms. The summed E-state index contributed by atoms with van der Waals surface area (Å²) in [5, 5.41) is 12.5. The Morgan fingerprint density at radius 1 is 1.00 bits per heavy atom. The van der Waals surface area contributed by atoms with E-state index in [9.17, 15) is 9.90 Å². The van der Waals surface area contributed by atoms with Gasteiger partial charge in [-0.25, -0.2) is 0 Å². The number of carboxylic acid groups (broad SMARTS) is 1. The van der Waals surface area contributed by atoms with Crippen LogP contribution >= 0.6 is 0 Å². The predicted molar refractivity (Wildman–Crippen MR) is 85.1 cm³/mol. The minimum Gasteiger partial charge on any atom is -0.480 e. The van der Waals surface area contributed by atoms with Crippen molar-refractivity contribution in [3.63, 3.8) is 0 Å². The maximum Gasteiger partial charge on any atom is 0.325 e. The van der Waals surface area contributed by atoms with E-state index in [0.717, 1.165) is 16.7 Å². The topological polar surface area (TPSA) is 49.3 Å². The molecule has 110 valence electrons. The van der Waals surface area contributed by atoms with Gasteiger partial charge in [0.05, 0.1) is 0 Å². The molecule has 21 heavy (non-hydrogen) atoms. The first-order chi connectivity index (χ1) is 10.1. The molecule has 3 heteroatoms. The number of aliphatic carboxylic acids is 1. The lowest BCUT2D eigenvalue weighted by atomic mass is 10.0. The maximum absolute atomic E-state index is 11.4. The summed E-state index contributed by atoms with van der Waals surface area (Å²) in [4.78, 5) is 11.4. The summed E-state index contributed by atoms with van der Waals surface area (Å²) in [6, 6.07) is 17.1. The SMILES string of the molecule is CC(C)CNC(C(=O)O)c1ccc(-c2ccccc2)cc1. The highest BCUT2D eigenvalue weighted by Crippen LogP contribution is 2.22. The molecular weight excluding hydrogens is 262 g/mol. The second-order valence-corrected chi connectivity index (χ2v) is 5.56. The van der Waals surface area contributed by atoms with Gasteiger partial charge in [-0.1, -0.05) is 68.4 Å². The Hall–Kier alpha value is -2.13. The minimum absolute atomic E-state index is 0.412. The summed E-state index contributed by atoms with van der Waals surface area (Å²) in [5.74, 6) is -0.432. The van der Waals surface area contributed by atoms with E-state index in [1.165, 1.54) is 0 Å². The lowest BCUT2D eigenvalue weighted by Gasteiger charge is -2.16. The normalized spacial score (nSPS) is 12.3. The van der Waals surface area contributed by atoms with Gasteiger partial charge in [0.25, 0.3) is 0 Å². The molecule has 0 amide bonds. The maximum atomic E-state index is 11.4. The molecule has 2 aromatic carbocycles. The molecule has 0 radical (unpaired) electrons. The third-order valence-corrected chi connectivity index (χ3v) is 3.33. The van der Waals surface area contributed by atoms with Crippen molar-refractivity contribution in [1.82, 2.24) is 5.32 Å². The molecule has 0 aromatic heterocycles. The van der Waals surface area contributed by atoms with Crippen molar-refractivity contribution in [2.45, 2.75) is 19.9 Å². The Morgan fingerprint density at radius 2 is 1.57 bits per heavy atom. The third kappa shape index (κ3) is 4.17. The smallest absolute Gasteiger partial charge is 0.325 e. The van der Waals surface area contributed by atoms with Crippen LogP contribution in [0.25, 0.3) is 11.1 Å². The lowest BCUT2D eigenvalue weighted by molar-refractivity contribution is -0.139. The molecule has 0 saturated carbocycles. The largest absolute Gasteiger partial charge is 0.480 e. The molecule has 0 aliphatic carbocycles. The van der Waals surface area contributed by atoms with Gasteiger partial charge in [-0.3, -0.25) is 4.79 Å². The third-order valence-electron chi connectivity index (χ3n) is 3.33. The van der Waals surface area contributed by atoms with E-state index in [0.29, 0.717) is 12.5 Å². The average molecular weight is 283 g/mol. The molecule has 0 heterocycles. The zero-order chi connectivity index (χ0) is 15.2. The van der Waals surface area contributed by atoms with Crippen molar-refractivity contribution in [1.29, 1.82) is 0 Å². The van der Waals surface area contributed by atoms with Crippen molar-refractivity contribution in [3.8, 4) is 11.1 Å². The van der Waals surface area contributed by atoms with Crippen molar-refractivity contribution >= 4 is 5.97 Å². The molecule has 2 aromatic rings. The van der Waals surface area contributed by atoms with E-state index >= 15 is 0 Å². The van der Waals surface area contributed by atoms with E-state index in [1.807, 2.05) is 54.6 Å². The van der Waals surface area contributed by atoms with Gasteiger partial charge >= 0.3 is 5.97 Å². The van der Waals surface area contributed by atoms with Crippen molar-refractivity contribution in [2.24, 2.45) is 5.92 Å². The molecule has 0 bridgehead atoms. The molecule has 1 atom stereocenters. The van der Waals surface area contributed by atoms with E-state index < -0.39 is 12.0 Å². The zero-order valence-electron chi connectivity index (χ0n) is 12.4. The van der Waals surface area contributed by atoms with Crippen LogP contribution in [0.2, 0.25) is 0 Å². The van der Waals surface area contributed by atoms with Crippen LogP contribution < -0.4 is 5.32 Å². The number of hydrogen-bond donors (Lipinski definition) is 2. The Balaban J connectivity index is 2.18. The lowest BCUT2D eigenvalue weighted by Crippen LogP contribution is -2.31. The van der Waals surface area contributed by atoms with Crippen LogP contribution in [0.4, 0.5) is 0 Å². The summed E-state index contributed by atoms with van der Waals surface area (Å²) < 4.78 is 0. The predicted octanol–water partition coefficient (Wildman–Crippen LogP) is 3.72. The standard InChI is InChI=1S/C18H21NO2/c1-13(2)12-19-17(18(20)21)16-10-8-15(9-11-16)14-6-4-3-5-7-14/h3-11,13,17,19H,12H2,1-2H3,(H,20,21). The Morgan fingerprint density at radius 3 is 2.10 bits per heavy atom. The first-order valence-corrected chi connectivity index (χ1v) is 7.19. The van der Waals surface area contributed by atoms with Crippen molar-refractivity contribution in [3.05, 3.63) is 60.2 Å². The van der Waals surface area contributed by atoms with E-state index in [2.05, 4.69) is 19.2 Å². The average Bonchev–Trinajstić information content (AvgIpc) is 2.48. The van der Waals surface area contributed by atoms with E-state index in [-0.39, 0.29) is 0 Å². The van der Waals surface area contributed by atoms with Gasteiger partial charge < -0.3 is 10.4 Å². The molecular formula is C18H21NO2. The zero-order valence-corrected chi connectivity index (χ0v) is 12.4. The monoisotopic (exact) mass is 283 g/mol. The number of rotatable bonds is 6. The Labute approximate surface area is 125 Å². The second-order valence-electron chi connectivity index (χ2n) is 5.56. The van der Waals surface area contributed by atoms with E-state index in [4.69, 9.17) is 0 Å². The summed E-state index contributed by atoms with van der Waals surface area (Å²) in [5.41, 5.74) is 3.00. The fourth-order valence-corrected chi connectivity index (χ4v) is 2.20. The van der Waals surface area contributed by atoms with Crippen LogP contribution in [0.3, 0.4) is 0 Å². The molecule has 1 unspecified atom stereocenters. The van der Waals surface area contributed by atoms with Gasteiger partial charge in [-0.15, -0.1) is 0 Å². The van der Waals surface area contributed by atoms with Gasteiger partial charge in [0, 0.05) is 0 Å². The van der Waals surface area contributed by atoms with Crippen LogP contribution in [0.5, 0.6) is 0 Å². The molecule has 0 aliphatic heterocycles. The first kappa shape index (κ1) is 15.3. The van der Waals surface area contributed by atoms with Crippen LogP contribution in [-0.4, -0.2) is 17.6 Å². The quantitative estimate of drug-likeness (QED) is 0.849. The van der Waals surface area contributed by atoms with Crippen LogP contribution in [0, 0.1) is 5.92 Å². The summed E-state index contributed by atoms with van der Waals surface area (Å²) in [6.07, 6.45) is 0. The summed E-state index contributed by atoms with van der Waals surface area (Å²) >= 11 is 0. The highest BCUT2D eigenvalue weighted by Gasteiger charge is 2.19. The molecule has 2 rings (SSSR count). The highest BCUT2D eigenvalue weighted by atomic mass is 16.4. The second kappa shape index (κ2) is 7.04. The minimum atomic E-state index is -0.844. The van der Waals surface area contributed by atoms with Crippen molar-refractivity contribution < 1.29 is 9.90 Å². The number of benzene rings is 2. The highest BCUT2D eigenvalue weighted by molar-refractivity contribution is 5.76. The molecule has 2 N–H and O–H groups in total. The van der Waals surface area contributed by atoms with Crippen LogP contribution in [0.1, 0.15) is 25.5 Å². The van der Waals surface area contributed by atoms with Gasteiger partial charge in [0.2, 0.25) is 0 Å². The Kier molecular flexibility index (Phi) is 5.12. The van der Waals surface area contributed by atoms with Gasteiger partial charge in [-0.05, 0) is 29.2 Å². The molecule has 0 saturated heterocycles. The van der Waals surface area contributed by atoms with Gasteiger partial charge in [-0.2, -0.15) is 0 Å². The Bertz CT molecular complexity index is 576. The fraction of sp³-hybridized carbons (Fsp3) is 0.278. The number of hydrogen-bond acceptors (Lipinski definition) is 2. The molecule has 3 nitrogen and oxygen atoms in total. The number of nitrogens with one attached hydrogen (secondary N) is 1. The number of carboxylic acids is 1. The summed E-state index contributed by atoms with van der Waals surface area (Å²) in [7, 11) is 0. The van der Waals surface area contributed by atoms with Gasteiger partial charge in [0.15, 0.2) is 0 Å². The van der Waals surface area contributed by atoms with E-state index in [1.54, 1.807) is 0 Å². The van der Waals surface area contributed by atoms with Crippen LogP contribution in [-0.2, 0) is 4.79 Å². The molecule has 0 fully saturated rings. The number of carbonyl (C=O) groups is 1. The van der Waals surface area contributed by atoms with Gasteiger partial charge in [0.1, 0.15) is 6.04 Å². The molecule has 0 aliphatic rings. The van der Waals surface area contributed by atoms with Crippen LogP contribution in [0.15, 0.2) is 54.6 Å². The summed E-state index contributed by atoms with van der Waals surface area (Å²) in [6.45, 7) is 4.80.